The van der Waals surface area contributed by atoms with E-state index >= 15 is 0 Å². The summed E-state index contributed by atoms with van der Waals surface area (Å²) in [6, 6.07) is 5.94. The van der Waals surface area contributed by atoms with Crippen molar-refractivity contribution in [1.29, 1.82) is 0 Å². The molecule has 0 atom stereocenters. The van der Waals surface area contributed by atoms with E-state index in [1.807, 2.05) is 25.4 Å². The van der Waals surface area contributed by atoms with Gasteiger partial charge in [0.15, 0.2) is 5.65 Å². The average Bonchev–Trinajstić information content (AvgIpc) is 3.44. The van der Waals surface area contributed by atoms with Crippen molar-refractivity contribution >= 4 is 28.4 Å². The summed E-state index contributed by atoms with van der Waals surface area (Å²) >= 11 is 0. The molecular weight excluding hydrogens is 408 g/mol. The highest BCUT2D eigenvalue weighted by atomic mass is 16.5. The third kappa shape index (κ3) is 3.57. The van der Waals surface area contributed by atoms with Crippen LogP contribution in [0.2, 0.25) is 0 Å². The summed E-state index contributed by atoms with van der Waals surface area (Å²) < 4.78 is 9.28. The molecule has 0 aliphatic carbocycles. The van der Waals surface area contributed by atoms with Crippen molar-refractivity contribution in [3.05, 3.63) is 42.4 Å². The number of amides is 1. The van der Waals surface area contributed by atoms with Gasteiger partial charge in [0.05, 0.1) is 25.1 Å². The van der Waals surface area contributed by atoms with Gasteiger partial charge in [0.25, 0.3) is 5.91 Å². The number of nitrogens with one attached hydrogen (secondary N) is 2. The first-order valence-corrected chi connectivity index (χ1v) is 10.7. The summed E-state index contributed by atoms with van der Waals surface area (Å²) in [5.74, 6) is 0.527. The lowest BCUT2D eigenvalue weighted by molar-refractivity contribution is 0.0365. The van der Waals surface area contributed by atoms with Crippen molar-refractivity contribution in [1.82, 2.24) is 34.4 Å². The Morgan fingerprint density at radius 3 is 2.81 bits per heavy atom. The average molecular weight is 435 g/mol. The van der Waals surface area contributed by atoms with Gasteiger partial charge in [0, 0.05) is 69.7 Å². The van der Waals surface area contributed by atoms with Crippen LogP contribution in [-0.4, -0.2) is 81.9 Å². The number of nitrogens with zero attached hydrogens (tertiary/aromatic N) is 6. The molecular formula is C22H26N8O2. The predicted molar refractivity (Wildman–Crippen MR) is 122 cm³/mol. The van der Waals surface area contributed by atoms with Crippen LogP contribution in [0.15, 0.2) is 36.8 Å². The molecule has 166 valence electrons. The first kappa shape index (κ1) is 20.4. The van der Waals surface area contributed by atoms with Crippen molar-refractivity contribution in [2.45, 2.75) is 6.54 Å². The fourth-order valence-corrected chi connectivity index (χ4v) is 4.14. The number of pyridine rings is 1. The van der Waals surface area contributed by atoms with Crippen LogP contribution in [0.5, 0.6) is 0 Å². The van der Waals surface area contributed by atoms with E-state index in [4.69, 9.17) is 9.72 Å². The highest BCUT2D eigenvalue weighted by molar-refractivity contribution is 6.00. The van der Waals surface area contributed by atoms with Gasteiger partial charge in [-0.1, -0.05) is 0 Å². The van der Waals surface area contributed by atoms with Gasteiger partial charge in [-0.2, -0.15) is 9.61 Å². The molecule has 10 heteroatoms. The number of carbonyl (C=O) groups excluding carboxylic acids is 1. The summed E-state index contributed by atoms with van der Waals surface area (Å²) in [4.78, 5) is 24.2. The molecule has 1 fully saturated rings. The number of hydrogen-bond acceptors (Lipinski definition) is 7. The number of hydrogen-bond donors (Lipinski definition) is 2. The van der Waals surface area contributed by atoms with E-state index in [-0.39, 0.29) is 5.91 Å². The van der Waals surface area contributed by atoms with Crippen LogP contribution in [0, 0.1) is 0 Å². The molecule has 32 heavy (non-hydrogen) atoms. The smallest absolute Gasteiger partial charge is 0.256 e. The molecule has 5 heterocycles. The molecule has 0 unspecified atom stereocenters. The molecule has 5 rings (SSSR count). The Morgan fingerprint density at radius 1 is 1.19 bits per heavy atom. The standard InChI is InChI=1S/C22H26N8O2/c1-23-19-12-18(27-21-16(22(31)24-2)13-26-30(19)21)17-14-29(20-15(17)4-3-5-25-20)7-6-28-8-10-32-11-9-28/h3-5,12-14,23H,6-11H2,1-2H3,(H,24,31). The molecule has 1 aliphatic heterocycles. The molecule has 4 aromatic heterocycles. The molecule has 0 bridgehead atoms. The van der Waals surface area contributed by atoms with Crippen molar-refractivity contribution in [3.63, 3.8) is 0 Å². The zero-order chi connectivity index (χ0) is 22.1. The maximum atomic E-state index is 12.3. The van der Waals surface area contributed by atoms with Crippen LogP contribution in [0.1, 0.15) is 10.4 Å². The van der Waals surface area contributed by atoms with E-state index in [1.165, 1.54) is 0 Å². The van der Waals surface area contributed by atoms with Crippen LogP contribution in [0.4, 0.5) is 5.82 Å². The first-order valence-electron chi connectivity index (χ1n) is 10.7. The monoisotopic (exact) mass is 434 g/mol. The third-order valence-electron chi connectivity index (χ3n) is 5.87. The predicted octanol–water partition coefficient (Wildman–Crippen LogP) is 1.48. The summed E-state index contributed by atoms with van der Waals surface area (Å²) in [7, 11) is 3.43. The van der Waals surface area contributed by atoms with Crippen LogP contribution in [0.25, 0.3) is 27.9 Å². The van der Waals surface area contributed by atoms with Crippen molar-refractivity contribution in [2.24, 2.45) is 0 Å². The number of morpholine rings is 1. The van der Waals surface area contributed by atoms with Crippen molar-refractivity contribution in [2.75, 3.05) is 52.3 Å². The van der Waals surface area contributed by atoms with E-state index in [9.17, 15) is 4.79 Å². The largest absolute Gasteiger partial charge is 0.379 e. The Bertz CT molecular complexity index is 1270. The first-order chi connectivity index (χ1) is 15.7. The second-order valence-corrected chi connectivity index (χ2v) is 7.71. The quantitative estimate of drug-likeness (QED) is 0.474. The van der Waals surface area contributed by atoms with Gasteiger partial charge in [0.2, 0.25) is 0 Å². The Hall–Kier alpha value is -3.50. The van der Waals surface area contributed by atoms with Gasteiger partial charge >= 0.3 is 0 Å². The third-order valence-corrected chi connectivity index (χ3v) is 5.87. The Labute approximate surface area is 185 Å². The number of anilines is 1. The summed E-state index contributed by atoms with van der Waals surface area (Å²) in [6.45, 7) is 5.22. The zero-order valence-electron chi connectivity index (χ0n) is 18.2. The highest BCUT2D eigenvalue weighted by Crippen LogP contribution is 2.31. The topological polar surface area (TPSA) is 102 Å². The minimum atomic E-state index is -0.221. The molecule has 0 aromatic carbocycles. The fraction of sp³-hybridized carbons (Fsp3) is 0.364. The van der Waals surface area contributed by atoms with E-state index < -0.39 is 0 Å². The minimum Gasteiger partial charge on any atom is -0.379 e. The van der Waals surface area contributed by atoms with E-state index in [2.05, 4.69) is 42.4 Å². The Kier molecular flexibility index (Phi) is 5.46. The van der Waals surface area contributed by atoms with Crippen LogP contribution < -0.4 is 10.6 Å². The van der Waals surface area contributed by atoms with Crippen molar-refractivity contribution < 1.29 is 9.53 Å². The number of ether oxygens (including phenoxy) is 1. The number of fused-ring (bicyclic) bond motifs is 2. The molecule has 2 N–H and O–H groups in total. The molecule has 10 nitrogen and oxygen atoms in total. The molecule has 1 amide bonds. The highest BCUT2D eigenvalue weighted by Gasteiger charge is 2.19. The molecule has 0 spiro atoms. The second-order valence-electron chi connectivity index (χ2n) is 7.71. The molecule has 1 saturated heterocycles. The SMILES string of the molecule is CNC(=O)c1cnn2c(NC)cc(-c3cn(CCN4CCOCC4)c4ncccc34)nc12. The number of carbonyl (C=O) groups is 1. The van der Waals surface area contributed by atoms with Gasteiger partial charge in [-0.05, 0) is 12.1 Å². The van der Waals surface area contributed by atoms with E-state index in [0.717, 1.165) is 67.5 Å². The van der Waals surface area contributed by atoms with Gasteiger partial charge < -0.3 is 19.9 Å². The number of aromatic nitrogens is 5. The minimum absolute atomic E-state index is 0.221. The summed E-state index contributed by atoms with van der Waals surface area (Å²) in [5, 5.41) is 11.2. The summed E-state index contributed by atoms with van der Waals surface area (Å²) in [5.41, 5.74) is 3.58. The van der Waals surface area contributed by atoms with Gasteiger partial charge in [-0.25, -0.2) is 9.97 Å². The maximum Gasteiger partial charge on any atom is 0.256 e. The Morgan fingerprint density at radius 2 is 2.03 bits per heavy atom. The molecule has 1 aliphatic rings. The fourth-order valence-electron chi connectivity index (χ4n) is 4.14. The van der Waals surface area contributed by atoms with Crippen LogP contribution >= 0.6 is 0 Å². The van der Waals surface area contributed by atoms with E-state index in [1.54, 1.807) is 17.8 Å². The Balaban J connectivity index is 1.58. The lowest BCUT2D eigenvalue weighted by Gasteiger charge is -2.26. The lowest BCUT2D eigenvalue weighted by atomic mass is 10.1. The molecule has 0 radical (unpaired) electrons. The zero-order valence-corrected chi connectivity index (χ0v) is 18.2. The van der Waals surface area contributed by atoms with Crippen molar-refractivity contribution in [3.8, 4) is 11.3 Å². The second kappa shape index (κ2) is 8.56. The number of rotatable bonds is 6. The normalized spacial score (nSPS) is 14.8. The molecule has 4 aromatic rings. The van der Waals surface area contributed by atoms with Gasteiger partial charge in [0.1, 0.15) is 17.0 Å². The van der Waals surface area contributed by atoms with Gasteiger partial charge in [-0.3, -0.25) is 9.69 Å². The maximum absolute atomic E-state index is 12.3. The van der Waals surface area contributed by atoms with Gasteiger partial charge in [-0.15, -0.1) is 0 Å². The molecule has 0 saturated carbocycles. The lowest BCUT2D eigenvalue weighted by Crippen LogP contribution is -2.38. The summed E-state index contributed by atoms with van der Waals surface area (Å²) in [6.07, 6.45) is 5.46. The van der Waals surface area contributed by atoms with E-state index in [0.29, 0.717) is 11.2 Å². The van der Waals surface area contributed by atoms with Crippen LogP contribution in [0.3, 0.4) is 0 Å². The van der Waals surface area contributed by atoms with Crippen LogP contribution in [-0.2, 0) is 11.3 Å².